The molecule has 0 radical (unpaired) electrons. The SMILES string of the molecule is O=C(OCl)c1cn(F)c2ccccc12. The maximum atomic E-state index is 13.2. The third kappa shape index (κ3) is 1.24. The largest absolute Gasteiger partial charge is 0.358 e. The number of hydrogen-bond donors (Lipinski definition) is 0. The minimum absolute atomic E-state index is 0.109. The maximum Gasteiger partial charge on any atom is 0.358 e. The molecule has 5 heteroatoms. The first kappa shape index (κ1) is 9.02. The molecule has 0 unspecified atom stereocenters. The van der Waals surface area contributed by atoms with Crippen LogP contribution >= 0.6 is 11.9 Å². The predicted octanol–water partition coefficient (Wildman–Crippen LogP) is 2.68. The first-order valence-corrected chi connectivity index (χ1v) is 4.14. The zero-order valence-corrected chi connectivity index (χ0v) is 7.66. The van der Waals surface area contributed by atoms with E-state index in [9.17, 15) is 9.28 Å². The number of aromatic nitrogens is 1. The number of hydrogen-bond acceptors (Lipinski definition) is 2. The van der Waals surface area contributed by atoms with Gasteiger partial charge in [-0.05, 0) is 6.07 Å². The molecule has 1 heterocycles. The van der Waals surface area contributed by atoms with Crippen LogP contribution in [-0.4, -0.2) is 10.8 Å². The average Bonchev–Trinajstić information content (AvgIpc) is 2.56. The zero-order valence-electron chi connectivity index (χ0n) is 6.91. The van der Waals surface area contributed by atoms with E-state index in [1.807, 2.05) is 0 Å². The van der Waals surface area contributed by atoms with Gasteiger partial charge >= 0.3 is 5.97 Å². The number of nitrogens with zero attached hydrogens (tertiary/aromatic N) is 1. The number of fused-ring (bicyclic) bond motifs is 1. The van der Waals surface area contributed by atoms with Gasteiger partial charge < -0.3 is 4.29 Å². The molecule has 0 fully saturated rings. The highest BCUT2D eigenvalue weighted by atomic mass is 35.5. The fourth-order valence-corrected chi connectivity index (χ4v) is 1.43. The number of rotatable bonds is 1. The lowest BCUT2D eigenvalue weighted by atomic mass is 10.2. The van der Waals surface area contributed by atoms with E-state index in [-0.39, 0.29) is 5.56 Å². The summed E-state index contributed by atoms with van der Waals surface area (Å²) in [5, 5.41) is 0.473. The molecule has 2 aromatic rings. The van der Waals surface area contributed by atoms with Crippen LogP contribution in [-0.2, 0) is 4.29 Å². The summed E-state index contributed by atoms with van der Waals surface area (Å²) in [4.78, 5) is 11.5. The van der Waals surface area contributed by atoms with Crippen molar-refractivity contribution in [3.8, 4) is 0 Å². The third-order valence-electron chi connectivity index (χ3n) is 1.96. The Bertz CT molecular complexity index is 495. The predicted molar refractivity (Wildman–Crippen MR) is 49.7 cm³/mol. The first-order chi connectivity index (χ1) is 6.74. The lowest BCUT2D eigenvalue weighted by Crippen LogP contribution is -1.95. The number of halogens is 2. The van der Waals surface area contributed by atoms with Crippen molar-refractivity contribution in [1.29, 1.82) is 0 Å². The highest BCUT2D eigenvalue weighted by Gasteiger charge is 2.15. The molecule has 0 bridgehead atoms. The van der Waals surface area contributed by atoms with Crippen LogP contribution in [0.4, 0.5) is 4.48 Å². The van der Waals surface area contributed by atoms with Crippen molar-refractivity contribution in [2.24, 2.45) is 0 Å². The Kier molecular flexibility index (Phi) is 2.13. The minimum Gasteiger partial charge on any atom is -0.343 e. The van der Waals surface area contributed by atoms with Crippen LogP contribution in [0.5, 0.6) is 0 Å². The lowest BCUT2D eigenvalue weighted by Gasteiger charge is -1.92. The third-order valence-corrected chi connectivity index (χ3v) is 2.10. The Balaban J connectivity index is 2.72. The van der Waals surface area contributed by atoms with E-state index in [2.05, 4.69) is 4.29 Å². The van der Waals surface area contributed by atoms with Gasteiger partial charge in [-0.25, -0.2) is 4.79 Å². The summed E-state index contributed by atoms with van der Waals surface area (Å²) < 4.78 is 17.2. The number of para-hydroxylation sites is 1. The molecule has 14 heavy (non-hydrogen) atoms. The van der Waals surface area contributed by atoms with Gasteiger partial charge in [0.05, 0.1) is 17.3 Å². The van der Waals surface area contributed by atoms with Crippen LogP contribution in [0.2, 0.25) is 0 Å². The van der Waals surface area contributed by atoms with E-state index in [1.165, 1.54) is 0 Å². The van der Waals surface area contributed by atoms with Crippen molar-refractivity contribution in [1.82, 2.24) is 4.79 Å². The summed E-state index contributed by atoms with van der Waals surface area (Å²) in [6, 6.07) is 6.55. The van der Waals surface area contributed by atoms with Crippen LogP contribution in [0.3, 0.4) is 0 Å². The molecule has 0 aliphatic heterocycles. The van der Waals surface area contributed by atoms with Gasteiger partial charge in [0.25, 0.3) is 0 Å². The molecule has 1 aromatic heterocycles. The van der Waals surface area contributed by atoms with E-state index >= 15 is 0 Å². The Morgan fingerprint density at radius 3 is 2.86 bits per heavy atom. The molecular formula is C9H5ClFNO2. The van der Waals surface area contributed by atoms with E-state index in [0.717, 1.165) is 6.20 Å². The van der Waals surface area contributed by atoms with Crippen molar-refractivity contribution in [3.05, 3.63) is 36.0 Å². The molecule has 0 saturated heterocycles. The molecule has 3 nitrogen and oxygen atoms in total. The fourth-order valence-electron chi connectivity index (χ4n) is 1.34. The first-order valence-electron chi connectivity index (χ1n) is 3.83. The van der Waals surface area contributed by atoms with Gasteiger partial charge in [0.1, 0.15) is 11.9 Å². The van der Waals surface area contributed by atoms with Crippen molar-refractivity contribution < 1.29 is 13.6 Å². The van der Waals surface area contributed by atoms with Gasteiger partial charge in [-0.1, -0.05) is 22.7 Å². The smallest absolute Gasteiger partial charge is 0.343 e. The molecular weight excluding hydrogens is 209 g/mol. The summed E-state index contributed by atoms with van der Waals surface area (Å²) in [5.74, 6) is -0.765. The van der Waals surface area contributed by atoms with Crippen molar-refractivity contribution in [2.45, 2.75) is 0 Å². The molecule has 0 aliphatic carbocycles. The Morgan fingerprint density at radius 1 is 1.43 bits per heavy atom. The zero-order chi connectivity index (χ0) is 10.1. The summed E-state index contributed by atoms with van der Waals surface area (Å²) in [7, 11) is 0. The van der Waals surface area contributed by atoms with Crippen molar-refractivity contribution in [3.63, 3.8) is 0 Å². The van der Waals surface area contributed by atoms with Gasteiger partial charge in [-0.2, -0.15) is 4.79 Å². The molecule has 0 amide bonds. The Hall–Kier alpha value is -1.55. The summed E-state index contributed by atoms with van der Waals surface area (Å²) in [6.45, 7) is 0. The van der Waals surface area contributed by atoms with Crippen molar-refractivity contribution >= 4 is 28.7 Å². The van der Waals surface area contributed by atoms with Gasteiger partial charge in [0, 0.05) is 5.39 Å². The van der Waals surface area contributed by atoms with E-state index in [4.69, 9.17) is 11.9 Å². The van der Waals surface area contributed by atoms with Crippen molar-refractivity contribution in [2.75, 3.05) is 0 Å². The van der Waals surface area contributed by atoms with Crippen LogP contribution in [0, 0.1) is 0 Å². The number of carbonyl (C=O) groups excluding carboxylic acids is 1. The van der Waals surface area contributed by atoms with Crippen LogP contribution in [0.25, 0.3) is 10.9 Å². The van der Waals surface area contributed by atoms with Gasteiger partial charge in [0.2, 0.25) is 0 Å². The Labute approximate surface area is 83.7 Å². The molecule has 0 saturated carbocycles. The molecule has 2 rings (SSSR count). The summed E-state index contributed by atoms with van der Waals surface area (Å²) >= 11 is 4.91. The highest BCUT2D eigenvalue weighted by Crippen LogP contribution is 2.22. The fraction of sp³-hybridized carbons (Fsp3) is 0. The van der Waals surface area contributed by atoms with E-state index in [0.29, 0.717) is 15.7 Å². The van der Waals surface area contributed by atoms with Crippen LogP contribution < -0.4 is 0 Å². The highest BCUT2D eigenvalue weighted by molar-refractivity contribution is 6.18. The Morgan fingerprint density at radius 2 is 2.14 bits per heavy atom. The van der Waals surface area contributed by atoms with Crippen LogP contribution in [0.1, 0.15) is 10.4 Å². The molecule has 0 N–H and O–H groups in total. The molecule has 72 valence electrons. The number of benzene rings is 1. The second kappa shape index (κ2) is 3.31. The normalized spacial score (nSPS) is 10.4. The standard InChI is InChI=1S/C9H5ClFNO2/c10-14-9(13)7-5-12(11)8-4-2-1-3-6(7)8/h1-5H. The van der Waals surface area contributed by atoms with Gasteiger partial charge in [-0.15, -0.1) is 0 Å². The average molecular weight is 214 g/mol. The molecule has 0 spiro atoms. The lowest BCUT2D eigenvalue weighted by molar-refractivity contribution is 0.0752. The summed E-state index contributed by atoms with van der Waals surface area (Å²) in [6.07, 6.45) is 1.04. The molecule has 0 aliphatic rings. The van der Waals surface area contributed by atoms with Gasteiger partial charge in [-0.3, -0.25) is 0 Å². The molecule has 1 aromatic carbocycles. The van der Waals surface area contributed by atoms with Gasteiger partial charge in [0.15, 0.2) is 0 Å². The maximum absolute atomic E-state index is 13.2. The number of carbonyl (C=O) groups is 1. The second-order valence-corrected chi connectivity index (χ2v) is 2.89. The van der Waals surface area contributed by atoms with Crippen LogP contribution in [0.15, 0.2) is 30.5 Å². The second-order valence-electron chi connectivity index (χ2n) is 2.74. The van der Waals surface area contributed by atoms with E-state index in [1.54, 1.807) is 24.3 Å². The van der Waals surface area contributed by atoms with E-state index < -0.39 is 5.97 Å². The monoisotopic (exact) mass is 213 g/mol. The minimum atomic E-state index is -0.765. The quantitative estimate of drug-likeness (QED) is 0.729. The molecule has 0 atom stereocenters. The topological polar surface area (TPSA) is 31.2 Å². The summed E-state index contributed by atoms with van der Waals surface area (Å²) in [5.41, 5.74) is 0.419.